The van der Waals surface area contributed by atoms with Crippen LogP contribution in [0.1, 0.15) is 16.1 Å². The molecule has 0 radical (unpaired) electrons. The Morgan fingerprint density at radius 1 is 1.32 bits per heavy atom. The van der Waals surface area contributed by atoms with E-state index in [2.05, 4.69) is 26.5 Å². The van der Waals surface area contributed by atoms with E-state index in [0.29, 0.717) is 4.67 Å². The maximum absolute atomic E-state index is 11.6. The minimum atomic E-state index is -0.386. The van der Waals surface area contributed by atoms with Gasteiger partial charge in [0.1, 0.15) is 0 Å². The van der Waals surface area contributed by atoms with E-state index >= 15 is 0 Å². The summed E-state index contributed by atoms with van der Waals surface area (Å²) in [5, 5.41) is 3.88. The number of hydrogen-bond acceptors (Lipinski definition) is 4. The number of amides is 1. The molecule has 2 aromatic rings. The summed E-state index contributed by atoms with van der Waals surface area (Å²) in [6, 6.07) is 11.1. The van der Waals surface area contributed by atoms with Gasteiger partial charge in [-0.2, -0.15) is 5.10 Å². The molecule has 19 heavy (non-hydrogen) atoms. The number of hydrogen-bond donors (Lipinski definition) is 1. The predicted molar refractivity (Wildman–Crippen MR) is 79.7 cm³/mol. The van der Waals surface area contributed by atoms with E-state index in [1.54, 1.807) is 30.1 Å². The number of hydrazone groups is 1. The van der Waals surface area contributed by atoms with Gasteiger partial charge in [0, 0.05) is 4.90 Å². The maximum Gasteiger partial charge on any atom is 0.307 e. The first kappa shape index (κ1) is 13.9. The lowest BCUT2D eigenvalue weighted by molar-refractivity contribution is 0.0926. The van der Waals surface area contributed by atoms with Gasteiger partial charge >= 0.3 is 5.91 Å². The molecule has 2 rings (SSSR count). The molecule has 0 unspecified atom stereocenters. The van der Waals surface area contributed by atoms with Crippen molar-refractivity contribution in [2.24, 2.45) is 5.10 Å². The van der Waals surface area contributed by atoms with Crippen LogP contribution in [0.5, 0.6) is 0 Å². The second-order valence-electron chi connectivity index (χ2n) is 3.58. The van der Waals surface area contributed by atoms with E-state index in [0.717, 1.165) is 5.56 Å². The number of rotatable bonds is 4. The van der Waals surface area contributed by atoms with E-state index in [1.807, 2.05) is 30.5 Å². The van der Waals surface area contributed by atoms with Crippen molar-refractivity contribution in [2.75, 3.05) is 6.26 Å². The van der Waals surface area contributed by atoms with E-state index in [9.17, 15) is 4.79 Å². The van der Waals surface area contributed by atoms with Crippen LogP contribution in [0.25, 0.3) is 0 Å². The van der Waals surface area contributed by atoms with Crippen molar-refractivity contribution in [2.45, 2.75) is 4.90 Å². The highest BCUT2D eigenvalue weighted by molar-refractivity contribution is 9.10. The predicted octanol–water partition coefficient (Wildman–Crippen LogP) is 3.53. The molecular formula is C13H11BrN2O2S. The number of benzene rings is 1. The Kier molecular flexibility index (Phi) is 4.81. The summed E-state index contributed by atoms with van der Waals surface area (Å²) < 4.78 is 5.61. The number of halogens is 1. The average molecular weight is 339 g/mol. The summed E-state index contributed by atoms with van der Waals surface area (Å²) in [6.07, 6.45) is 3.60. The van der Waals surface area contributed by atoms with Crippen LogP contribution in [0, 0.1) is 0 Å². The third-order valence-corrected chi connectivity index (χ3v) is 3.46. The monoisotopic (exact) mass is 338 g/mol. The smallest absolute Gasteiger partial charge is 0.307 e. The van der Waals surface area contributed by atoms with Crippen molar-refractivity contribution in [3.05, 3.63) is 52.4 Å². The Hall–Kier alpha value is -1.53. The van der Waals surface area contributed by atoms with Gasteiger partial charge in [-0.25, -0.2) is 5.43 Å². The minimum absolute atomic E-state index is 0.210. The third kappa shape index (κ3) is 3.97. The van der Waals surface area contributed by atoms with Crippen molar-refractivity contribution in [1.29, 1.82) is 0 Å². The zero-order chi connectivity index (χ0) is 13.7. The molecule has 0 aliphatic carbocycles. The SMILES string of the molecule is CSc1ccc(/C=N/NC(=O)c2ccc(Br)o2)cc1. The van der Waals surface area contributed by atoms with Crippen LogP contribution in [0.4, 0.5) is 0 Å². The van der Waals surface area contributed by atoms with Gasteiger partial charge in [0.2, 0.25) is 0 Å². The molecule has 1 N–H and O–H groups in total. The molecule has 1 aromatic heterocycles. The van der Waals surface area contributed by atoms with Gasteiger partial charge in [-0.05, 0) is 52.0 Å². The standard InChI is InChI=1S/C13H11BrN2O2S/c1-19-10-4-2-9(3-5-10)8-15-16-13(17)11-6-7-12(14)18-11/h2-8H,1H3,(H,16,17)/b15-8+. The molecule has 0 spiro atoms. The van der Waals surface area contributed by atoms with Crippen LogP contribution in [-0.2, 0) is 0 Å². The van der Waals surface area contributed by atoms with Crippen molar-refractivity contribution in [1.82, 2.24) is 5.43 Å². The average Bonchev–Trinajstić information content (AvgIpc) is 2.86. The highest BCUT2D eigenvalue weighted by Gasteiger charge is 2.08. The molecule has 0 saturated heterocycles. The Labute approximate surface area is 123 Å². The van der Waals surface area contributed by atoms with Crippen LogP contribution in [0.15, 0.2) is 55.5 Å². The Morgan fingerprint density at radius 3 is 2.63 bits per heavy atom. The molecule has 0 aliphatic rings. The lowest BCUT2D eigenvalue weighted by atomic mass is 10.2. The quantitative estimate of drug-likeness (QED) is 0.527. The lowest BCUT2D eigenvalue weighted by Crippen LogP contribution is -2.16. The van der Waals surface area contributed by atoms with E-state index in [-0.39, 0.29) is 11.7 Å². The lowest BCUT2D eigenvalue weighted by Gasteiger charge is -1.97. The molecular weight excluding hydrogens is 328 g/mol. The molecule has 0 atom stereocenters. The van der Waals surface area contributed by atoms with E-state index < -0.39 is 0 Å². The van der Waals surface area contributed by atoms with Gasteiger partial charge in [-0.1, -0.05) is 12.1 Å². The third-order valence-electron chi connectivity index (χ3n) is 2.29. The highest BCUT2D eigenvalue weighted by Crippen LogP contribution is 2.14. The summed E-state index contributed by atoms with van der Waals surface area (Å²) in [6.45, 7) is 0. The molecule has 1 amide bonds. The van der Waals surface area contributed by atoms with Crippen LogP contribution in [0.3, 0.4) is 0 Å². The molecule has 6 heteroatoms. The zero-order valence-corrected chi connectivity index (χ0v) is 12.5. The van der Waals surface area contributed by atoms with E-state index in [1.165, 1.54) is 4.90 Å². The summed E-state index contributed by atoms with van der Waals surface area (Å²) in [4.78, 5) is 12.8. The van der Waals surface area contributed by atoms with Gasteiger partial charge in [0.05, 0.1) is 6.21 Å². The molecule has 0 bridgehead atoms. The molecule has 0 saturated carbocycles. The number of carbonyl (C=O) groups is 1. The Morgan fingerprint density at radius 2 is 2.05 bits per heavy atom. The normalized spacial score (nSPS) is 10.8. The molecule has 98 valence electrons. The fraction of sp³-hybridized carbons (Fsp3) is 0.0769. The van der Waals surface area contributed by atoms with E-state index in [4.69, 9.17) is 4.42 Å². The van der Waals surface area contributed by atoms with Crippen molar-refractivity contribution in [3.8, 4) is 0 Å². The summed E-state index contributed by atoms with van der Waals surface area (Å²) >= 11 is 4.81. The van der Waals surface area contributed by atoms with Crippen molar-refractivity contribution < 1.29 is 9.21 Å². The molecule has 1 heterocycles. The number of thioether (sulfide) groups is 1. The van der Waals surface area contributed by atoms with Crippen LogP contribution >= 0.6 is 27.7 Å². The maximum atomic E-state index is 11.6. The topological polar surface area (TPSA) is 54.6 Å². The van der Waals surface area contributed by atoms with Gasteiger partial charge in [-0.15, -0.1) is 11.8 Å². The number of nitrogens with one attached hydrogen (secondary N) is 1. The molecule has 0 fully saturated rings. The van der Waals surface area contributed by atoms with Gasteiger partial charge < -0.3 is 4.42 Å². The summed E-state index contributed by atoms with van der Waals surface area (Å²) in [5.74, 6) is -0.176. The number of nitrogens with zero attached hydrogens (tertiary/aromatic N) is 1. The first-order valence-corrected chi connectivity index (χ1v) is 7.43. The molecule has 0 aliphatic heterocycles. The number of furan rings is 1. The minimum Gasteiger partial charge on any atom is -0.444 e. The second kappa shape index (κ2) is 6.58. The van der Waals surface area contributed by atoms with Crippen molar-refractivity contribution >= 4 is 39.8 Å². The van der Waals surface area contributed by atoms with Crippen LogP contribution < -0.4 is 5.43 Å². The first-order valence-electron chi connectivity index (χ1n) is 5.42. The highest BCUT2D eigenvalue weighted by atomic mass is 79.9. The Balaban J connectivity index is 1.94. The van der Waals surface area contributed by atoms with Gasteiger partial charge in [-0.3, -0.25) is 4.79 Å². The first-order chi connectivity index (χ1) is 9.19. The van der Waals surface area contributed by atoms with Crippen LogP contribution in [-0.4, -0.2) is 18.4 Å². The summed E-state index contributed by atoms with van der Waals surface area (Å²) in [5.41, 5.74) is 3.32. The molecule has 4 nitrogen and oxygen atoms in total. The summed E-state index contributed by atoms with van der Waals surface area (Å²) in [7, 11) is 0. The van der Waals surface area contributed by atoms with Crippen LogP contribution in [0.2, 0.25) is 0 Å². The number of carbonyl (C=O) groups excluding carboxylic acids is 1. The Bertz CT molecular complexity index is 593. The zero-order valence-electron chi connectivity index (χ0n) is 10.1. The van der Waals surface area contributed by atoms with Gasteiger partial charge in [0.15, 0.2) is 10.4 Å². The fourth-order valence-corrected chi connectivity index (χ4v) is 2.06. The largest absolute Gasteiger partial charge is 0.444 e. The fourth-order valence-electron chi connectivity index (χ4n) is 1.35. The second-order valence-corrected chi connectivity index (χ2v) is 5.24. The van der Waals surface area contributed by atoms with Crippen molar-refractivity contribution in [3.63, 3.8) is 0 Å². The van der Waals surface area contributed by atoms with Gasteiger partial charge in [0.25, 0.3) is 0 Å². The molecule has 1 aromatic carbocycles.